The maximum absolute atomic E-state index is 12.8. The van der Waals surface area contributed by atoms with Gasteiger partial charge in [-0.15, -0.1) is 0 Å². The number of aromatic nitrogens is 1. The van der Waals surface area contributed by atoms with Gasteiger partial charge >= 0.3 is 0 Å². The summed E-state index contributed by atoms with van der Waals surface area (Å²) in [7, 11) is 0. The van der Waals surface area contributed by atoms with Gasteiger partial charge in [-0.05, 0) is 63.9 Å². The molecular weight excluding hydrogens is 340 g/mol. The smallest absolute Gasteiger partial charge is 0.227 e. The molecule has 6 nitrogen and oxygen atoms in total. The first-order valence-corrected chi connectivity index (χ1v) is 10.5. The van der Waals surface area contributed by atoms with Gasteiger partial charge in [-0.3, -0.25) is 19.6 Å². The van der Waals surface area contributed by atoms with E-state index >= 15 is 0 Å². The fraction of sp³-hybridized carbons (Fsp3) is 0.714. The predicted octanol–water partition coefficient (Wildman–Crippen LogP) is 1.60. The molecule has 27 heavy (non-hydrogen) atoms. The number of carbonyl (C=O) groups is 1. The van der Waals surface area contributed by atoms with Gasteiger partial charge < -0.3 is 10.0 Å². The zero-order valence-corrected chi connectivity index (χ0v) is 16.6. The zero-order chi connectivity index (χ0) is 19.1. The summed E-state index contributed by atoms with van der Waals surface area (Å²) >= 11 is 0. The van der Waals surface area contributed by atoms with E-state index in [0.717, 1.165) is 45.6 Å². The Morgan fingerprint density at radius 2 is 2.11 bits per heavy atom. The van der Waals surface area contributed by atoms with Crippen LogP contribution in [0.3, 0.4) is 0 Å². The Hall–Kier alpha value is -1.50. The third-order valence-electron chi connectivity index (χ3n) is 6.07. The first-order valence-electron chi connectivity index (χ1n) is 10.5. The topological polar surface area (TPSA) is 59.9 Å². The molecule has 2 aliphatic rings. The van der Waals surface area contributed by atoms with Gasteiger partial charge in [0.05, 0.1) is 12.5 Å². The molecule has 0 bridgehead atoms. The maximum atomic E-state index is 12.8. The number of amides is 1. The number of aliphatic hydroxyl groups is 1. The summed E-state index contributed by atoms with van der Waals surface area (Å²) in [6.45, 7) is 8.38. The summed E-state index contributed by atoms with van der Waals surface area (Å²) in [6, 6.07) is 4.74. The van der Waals surface area contributed by atoms with Crippen molar-refractivity contribution in [2.24, 2.45) is 5.92 Å². The van der Waals surface area contributed by atoms with Crippen LogP contribution in [0.25, 0.3) is 0 Å². The van der Waals surface area contributed by atoms with E-state index < -0.39 is 0 Å². The largest absolute Gasteiger partial charge is 0.395 e. The molecule has 2 aliphatic heterocycles. The number of nitrogens with zero attached hydrogens (tertiary/aromatic N) is 4. The molecule has 0 aliphatic carbocycles. The molecule has 150 valence electrons. The molecule has 2 fully saturated rings. The fourth-order valence-electron chi connectivity index (χ4n) is 4.54. The van der Waals surface area contributed by atoms with E-state index in [1.54, 1.807) is 0 Å². The van der Waals surface area contributed by atoms with E-state index in [9.17, 15) is 9.90 Å². The minimum Gasteiger partial charge on any atom is -0.395 e. The van der Waals surface area contributed by atoms with E-state index in [1.165, 1.54) is 18.4 Å². The lowest BCUT2D eigenvalue weighted by molar-refractivity contribution is -0.138. The lowest BCUT2D eigenvalue weighted by Crippen LogP contribution is -2.51. The minimum absolute atomic E-state index is 0.0470. The molecule has 0 spiro atoms. The van der Waals surface area contributed by atoms with Crippen LogP contribution < -0.4 is 0 Å². The van der Waals surface area contributed by atoms with Crippen molar-refractivity contribution in [3.05, 3.63) is 30.1 Å². The van der Waals surface area contributed by atoms with Crippen LogP contribution in [0.1, 0.15) is 38.2 Å². The van der Waals surface area contributed by atoms with Gasteiger partial charge in [-0.25, -0.2) is 0 Å². The van der Waals surface area contributed by atoms with Gasteiger partial charge in [-0.1, -0.05) is 6.07 Å². The second-order valence-corrected chi connectivity index (χ2v) is 7.84. The Bertz CT molecular complexity index is 575. The van der Waals surface area contributed by atoms with Crippen molar-refractivity contribution >= 4 is 5.91 Å². The molecule has 3 rings (SSSR count). The molecule has 1 aromatic rings. The first-order chi connectivity index (χ1) is 13.2. The number of likely N-dealkylation sites (N-methyl/N-ethyl adjacent to an activating group) is 1. The van der Waals surface area contributed by atoms with Crippen LogP contribution in [0.5, 0.6) is 0 Å². The van der Waals surface area contributed by atoms with Crippen LogP contribution in [-0.4, -0.2) is 82.6 Å². The van der Waals surface area contributed by atoms with Gasteiger partial charge in [0.15, 0.2) is 0 Å². The Morgan fingerprint density at radius 1 is 1.30 bits per heavy atom. The van der Waals surface area contributed by atoms with Crippen LogP contribution in [0.15, 0.2) is 24.5 Å². The average Bonchev–Trinajstić information content (AvgIpc) is 2.73. The van der Waals surface area contributed by atoms with Crippen LogP contribution in [0.2, 0.25) is 0 Å². The molecule has 0 radical (unpaired) electrons. The maximum Gasteiger partial charge on any atom is 0.227 e. The molecule has 3 heterocycles. The molecule has 6 heteroatoms. The number of likely N-dealkylation sites (tertiary alicyclic amines) is 2. The Labute approximate surface area is 163 Å². The van der Waals surface area contributed by atoms with Gasteiger partial charge in [0.25, 0.3) is 0 Å². The number of carbonyl (C=O) groups excluding carboxylic acids is 1. The average molecular weight is 375 g/mol. The van der Waals surface area contributed by atoms with Crippen LogP contribution >= 0.6 is 0 Å². The number of hydrogen-bond donors (Lipinski definition) is 1. The monoisotopic (exact) mass is 374 g/mol. The molecule has 1 amide bonds. The van der Waals surface area contributed by atoms with E-state index in [1.807, 2.05) is 30.3 Å². The molecule has 1 atom stereocenters. The number of pyridine rings is 1. The van der Waals surface area contributed by atoms with Crippen molar-refractivity contribution in [2.75, 3.05) is 45.9 Å². The molecule has 1 N–H and O–H groups in total. The highest BCUT2D eigenvalue weighted by Crippen LogP contribution is 2.25. The number of aliphatic hydroxyl groups excluding tert-OH is 1. The lowest BCUT2D eigenvalue weighted by Gasteiger charge is -2.42. The van der Waals surface area contributed by atoms with E-state index in [2.05, 4.69) is 20.9 Å². The molecular formula is C21H34N4O2. The van der Waals surface area contributed by atoms with Crippen molar-refractivity contribution in [3.8, 4) is 0 Å². The van der Waals surface area contributed by atoms with Crippen molar-refractivity contribution < 1.29 is 9.90 Å². The minimum atomic E-state index is 0.0470. The SMILES string of the molecule is CCN(CCO)C(=O)[C@@H]1CCCN(C2CCN(Cc3cccnc3)CC2)C1. The second kappa shape index (κ2) is 10.2. The number of hydrogen-bond acceptors (Lipinski definition) is 5. The van der Waals surface area contributed by atoms with Crippen LogP contribution in [0, 0.1) is 5.92 Å². The molecule has 0 unspecified atom stereocenters. The normalized spacial score (nSPS) is 22.7. The lowest BCUT2D eigenvalue weighted by atomic mass is 9.92. The predicted molar refractivity (Wildman–Crippen MR) is 106 cm³/mol. The van der Waals surface area contributed by atoms with E-state index in [-0.39, 0.29) is 18.4 Å². The van der Waals surface area contributed by atoms with Gasteiger partial charge in [-0.2, -0.15) is 0 Å². The first kappa shape index (κ1) is 20.2. The number of rotatable bonds is 7. The van der Waals surface area contributed by atoms with Crippen molar-refractivity contribution in [3.63, 3.8) is 0 Å². The third kappa shape index (κ3) is 5.50. The Kier molecular flexibility index (Phi) is 7.61. The molecule has 0 saturated carbocycles. The Morgan fingerprint density at radius 3 is 2.78 bits per heavy atom. The quantitative estimate of drug-likeness (QED) is 0.786. The molecule has 1 aromatic heterocycles. The van der Waals surface area contributed by atoms with E-state index in [0.29, 0.717) is 19.1 Å². The summed E-state index contributed by atoms with van der Waals surface area (Å²) in [6.07, 6.45) is 8.22. The Balaban J connectivity index is 1.48. The summed E-state index contributed by atoms with van der Waals surface area (Å²) in [5.41, 5.74) is 1.28. The van der Waals surface area contributed by atoms with Gasteiger partial charge in [0.2, 0.25) is 5.91 Å². The standard InChI is InChI=1S/C21H34N4O2/c1-2-24(13-14-26)21(27)19-6-4-10-25(17-19)20-7-11-23(12-8-20)16-18-5-3-9-22-15-18/h3,5,9,15,19-20,26H,2,4,6-8,10-14,16-17H2,1H3/t19-/m1/s1. The van der Waals surface area contributed by atoms with Crippen LogP contribution in [0.4, 0.5) is 0 Å². The summed E-state index contributed by atoms with van der Waals surface area (Å²) < 4.78 is 0. The highest BCUT2D eigenvalue weighted by Gasteiger charge is 2.33. The van der Waals surface area contributed by atoms with Crippen molar-refractivity contribution in [1.82, 2.24) is 19.7 Å². The summed E-state index contributed by atoms with van der Waals surface area (Å²) in [5.74, 6) is 0.323. The van der Waals surface area contributed by atoms with Crippen molar-refractivity contribution in [1.29, 1.82) is 0 Å². The number of piperidine rings is 2. The fourth-order valence-corrected chi connectivity index (χ4v) is 4.54. The highest BCUT2D eigenvalue weighted by atomic mass is 16.3. The highest BCUT2D eigenvalue weighted by molar-refractivity contribution is 5.79. The summed E-state index contributed by atoms with van der Waals surface area (Å²) in [4.78, 5) is 23.9. The summed E-state index contributed by atoms with van der Waals surface area (Å²) in [5, 5.41) is 9.19. The third-order valence-corrected chi connectivity index (χ3v) is 6.07. The second-order valence-electron chi connectivity index (χ2n) is 7.84. The van der Waals surface area contributed by atoms with Crippen LogP contribution in [-0.2, 0) is 11.3 Å². The molecule has 2 saturated heterocycles. The van der Waals surface area contributed by atoms with Gasteiger partial charge in [0.1, 0.15) is 0 Å². The van der Waals surface area contributed by atoms with Crippen molar-refractivity contribution in [2.45, 2.75) is 45.2 Å². The molecule has 0 aromatic carbocycles. The van der Waals surface area contributed by atoms with E-state index in [4.69, 9.17) is 0 Å². The zero-order valence-electron chi connectivity index (χ0n) is 16.6. The van der Waals surface area contributed by atoms with Gasteiger partial charge in [0, 0.05) is 44.6 Å².